The Balaban J connectivity index is 1.84. The van der Waals surface area contributed by atoms with Crippen LogP contribution in [0.4, 0.5) is 5.82 Å². The molecule has 2 nitrogen and oxygen atoms in total. The van der Waals surface area contributed by atoms with E-state index in [1.54, 1.807) is 0 Å². The maximum atomic E-state index is 4.73. The van der Waals surface area contributed by atoms with Crippen LogP contribution in [-0.4, -0.2) is 11.5 Å². The zero-order chi connectivity index (χ0) is 12.6. The Labute approximate surface area is 108 Å². The second kappa shape index (κ2) is 4.27. The molecule has 94 valence electrons. The smallest absolute Gasteiger partial charge is 0.129 e. The van der Waals surface area contributed by atoms with Crippen molar-refractivity contribution in [1.29, 1.82) is 0 Å². The van der Waals surface area contributed by atoms with E-state index in [0.29, 0.717) is 5.41 Å². The minimum absolute atomic E-state index is 0.486. The topological polar surface area (TPSA) is 24.9 Å². The quantitative estimate of drug-likeness (QED) is 0.872. The highest BCUT2D eigenvalue weighted by Crippen LogP contribution is 2.40. The van der Waals surface area contributed by atoms with Gasteiger partial charge in [-0.25, -0.2) is 4.98 Å². The van der Waals surface area contributed by atoms with Gasteiger partial charge in [0.1, 0.15) is 5.82 Å². The van der Waals surface area contributed by atoms with Gasteiger partial charge in [-0.15, -0.1) is 0 Å². The molecule has 1 aliphatic rings. The van der Waals surface area contributed by atoms with E-state index in [0.717, 1.165) is 17.9 Å². The van der Waals surface area contributed by atoms with Crippen LogP contribution in [0.25, 0.3) is 10.9 Å². The zero-order valence-corrected chi connectivity index (χ0v) is 11.2. The van der Waals surface area contributed by atoms with Gasteiger partial charge in [0.15, 0.2) is 0 Å². The van der Waals surface area contributed by atoms with Gasteiger partial charge in [-0.05, 0) is 42.9 Å². The van der Waals surface area contributed by atoms with Crippen LogP contribution < -0.4 is 5.32 Å². The summed E-state index contributed by atoms with van der Waals surface area (Å²) in [6, 6.07) is 10.5. The van der Waals surface area contributed by atoms with E-state index in [1.165, 1.54) is 30.2 Å². The first kappa shape index (κ1) is 11.5. The third kappa shape index (κ3) is 2.07. The van der Waals surface area contributed by atoms with E-state index in [9.17, 15) is 0 Å². The summed E-state index contributed by atoms with van der Waals surface area (Å²) in [6.45, 7) is 5.53. The lowest BCUT2D eigenvalue weighted by Gasteiger charge is -2.38. The van der Waals surface area contributed by atoms with Crippen LogP contribution >= 0.6 is 0 Å². The molecular formula is C16H20N2. The average Bonchev–Trinajstić information content (AvgIpc) is 2.34. The molecule has 1 fully saturated rings. The third-order valence-corrected chi connectivity index (χ3v) is 4.16. The molecule has 18 heavy (non-hydrogen) atoms. The number of para-hydroxylation sites is 1. The first-order chi connectivity index (χ1) is 8.66. The molecule has 1 heterocycles. The monoisotopic (exact) mass is 240 g/mol. The molecule has 1 aromatic carbocycles. The Hall–Kier alpha value is -1.57. The van der Waals surface area contributed by atoms with Gasteiger partial charge in [0.05, 0.1) is 5.52 Å². The third-order valence-electron chi connectivity index (χ3n) is 4.16. The summed E-state index contributed by atoms with van der Waals surface area (Å²) < 4.78 is 0. The van der Waals surface area contributed by atoms with Gasteiger partial charge >= 0.3 is 0 Å². The van der Waals surface area contributed by atoms with Crippen molar-refractivity contribution >= 4 is 16.7 Å². The molecule has 1 N–H and O–H groups in total. The summed E-state index contributed by atoms with van der Waals surface area (Å²) in [5.74, 6) is 1.04. The van der Waals surface area contributed by atoms with Gasteiger partial charge < -0.3 is 5.32 Å². The highest BCUT2D eigenvalue weighted by molar-refractivity contribution is 5.81. The zero-order valence-electron chi connectivity index (χ0n) is 11.2. The highest BCUT2D eigenvalue weighted by atomic mass is 15.0. The summed E-state index contributed by atoms with van der Waals surface area (Å²) in [6.07, 6.45) is 4.06. The minimum atomic E-state index is 0.486. The molecule has 0 amide bonds. The van der Waals surface area contributed by atoms with Gasteiger partial charge in [0, 0.05) is 11.9 Å². The molecular weight excluding hydrogens is 220 g/mol. The Morgan fingerprint density at radius 2 is 2.06 bits per heavy atom. The molecule has 1 saturated carbocycles. The van der Waals surface area contributed by atoms with Crippen LogP contribution in [0.3, 0.4) is 0 Å². The number of hydrogen-bond acceptors (Lipinski definition) is 2. The number of pyridine rings is 1. The molecule has 0 saturated heterocycles. The Morgan fingerprint density at radius 3 is 2.78 bits per heavy atom. The molecule has 0 spiro atoms. The Bertz CT molecular complexity index is 570. The molecule has 0 atom stereocenters. The van der Waals surface area contributed by atoms with Crippen molar-refractivity contribution in [1.82, 2.24) is 4.98 Å². The van der Waals surface area contributed by atoms with Crippen molar-refractivity contribution in [2.45, 2.75) is 33.1 Å². The minimum Gasteiger partial charge on any atom is -0.369 e. The van der Waals surface area contributed by atoms with E-state index in [-0.39, 0.29) is 0 Å². The van der Waals surface area contributed by atoms with Crippen molar-refractivity contribution < 1.29 is 0 Å². The van der Waals surface area contributed by atoms with Crippen LogP contribution in [-0.2, 0) is 0 Å². The van der Waals surface area contributed by atoms with Crippen LogP contribution in [0.15, 0.2) is 30.3 Å². The van der Waals surface area contributed by atoms with Crippen molar-refractivity contribution in [2.75, 3.05) is 11.9 Å². The molecule has 1 aliphatic carbocycles. The Morgan fingerprint density at radius 1 is 1.28 bits per heavy atom. The number of nitrogens with zero attached hydrogens (tertiary/aromatic N) is 1. The number of hydrogen-bond donors (Lipinski definition) is 1. The van der Waals surface area contributed by atoms with Gasteiger partial charge in [-0.1, -0.05) is 31.5 Å². The van der Waals surface area contributed by atoms with Gasteiger partial charge in [0.25, 0.3) is 0 Å². The normalized spacial score (nSPS) is 17.4. The highest BCUT2D eigenvalue weighted by Gasteiger charge is 2.31. The fourth-order valence-corrected chi connectivity index (χ4v) is 2.65. The Kier molecular flexibility index (Phi) is 2.73. The lowest BCUT2D eigenvalue weighted by Crippen LogP contribution is -2.33. The van der Waals surface area contributed by atoms with Crippen molar-refractivity contribution in [2.24, 2.45) is 5.41 Å². The fourth-order valence-electron chi connectivity index (χ4n) is 2.65. The van der Waals surface area contributed by atoms with Crippen LogP contribution in [0.1, 0.15) is 31.7 Å². The van der Waals surface area contributed by atoms with Gasteiger partial charge in [-0.2, -0.15) is 0 Å². The van der Waals surface area contributed by atoms with Crippen molar-refractivity contribution in [3.05, 3.63) is 35.9 Å². The van der Waals surface area contributed by atoms with Crippen LogP contribution in [0.5, 0.6) is 0 Å². The van der Waals surface area contributed by atoms with Crippen LogP contribution in [0.2, 0.25) is 0 Å². The predicted octanol–water partition coefficient (Wildman–Crippen LogP) is 4.15. The first-order valence-corrected chi connectivity index (χ1v) is 6.77. The predicted molar refractivity (Wildman–Crippen MR) is 76.9 cm³/mol. The average molecular weight is 240 g/mol. The van der Waals surface area contributed by atoms with Crippen molar-refractivity contribution in [3.8, 4) is 0 Å². The molecule has 0 bridgehead atoms. The molecule has 1 aromatic heterocycles. The number of nitrogens with one attached hydrogen (secondary N) is 1. The SMILES string of the molecule is Cc1cc2ccccc2nc1NCC1(C)CCC1. The number of aryl methyl sites for hydroxylation is 1. The number of aromatic nitrogens is 1. The lowest BCUT2D eigenvalue weighted by atomic mass is 9.70. The van der Waals surface area contributed by atoms with Gasteiger partial charge in [-0.3, -0.25) is 0 Å². The standard InChI is InChI=1S/C16H20N2/c1-12-10-13-6-3-4-7-14(13)18-15(12)17-11-16(2)8-5-9-16/h3-4,6-7,10H,5,8-9,11H2,1-2H3,(H,17,18). The molecule has 0 radical (unpaired) electrons. The number of fused-ring (bicyclic) bond motifs is 1. The second-order valence-electron chi connectivity index (χ2n) is 5.86. The first-order valence-electron chi connectivity index (χ1n) is 6.77. The maximum Gasteiger partial charge on any atom is 0.129 e. The number of rotatable bonds is 3. The second-order valence-corrected chi connectivity index (χ2v) is 5.86. The van der Waals surface area contributed by atoms with Gasteiger partial charge in [0.2, 0.25) is 0 Å². The summed E-state index contributed by atoms with van der Waals surface area (Å²) >= 11 is 0. The summed E-state index contributed by atoms with van der Waals surface area (Å²) in [7, 11) is 0. The number of anilines is 1. The lowest BCUT2D eigenvalue weighted by molar-refractivity contribution is 0.180. The summed E-state index contributed by atoms with van der Waals surface area (Å²) in [4.78, 5) is 4.73. The molecule has 2 aromatic rings. The maximum absolute atomic E-state index is 4.73. The summed E-state index contributed by atoms with van der Waals surface area (Å²) in [5, 5.41) is 4.75. The molecule has 2 heteroatoms. The largest absolute Gasteiger partial charge is 0.369 e. The van der Waals surface area contributed by atoms with E-state index in [2.05, 4.69) is 43.4 Å². The molecule has 0 aliphatic heterocycles. The fraction of sp³-hybridized carbons (Fsp3) is 0.438. The van der Waals surface area contributed by atoms with E-state index in [4.69, 9.17) is 4.98 Å². The summed E-state index contributed by atoms with van der Waals surface area (Å²) in [5.41, 5.74) is 2.79. The van der Waals surface area contributed by atoms with E-state index < -0.39 is 0 Å². The van der Waals surface area contributed by atoms with Crippen molar-refractivity contribution in [3.63, 3.8) is 0 Å². The number of benzene rings is 1. The van der Waals surface area contributed by atoms with E-state index >= 15 is 0 Å². The van der Waals surface area contributed by atoms with E-state index in [1.807, 2.05) is 6.07 Å². The molecule has 0 unspecified atom stereocenters. The van der Waals surface area contributed by atoms with Crippen LogP contribution in [0, 0.1) is 12.3 Å². The molecule has 3 rings (SSSR count).